The molecule has 1 saturated heterocycles. The molecule has 10 nitrogen and oxygen atoms in total. The van der Waals surface area contributed by atoms with Crippen molar-refractivity contribution >= 4 is 27.3 Å². The zero-order chi connectivity index (χ0) is 28.2. The van der Waals surface area contributed by atoms with Gasteiger partial charge in [-0.25, -0.2) is 8.42 Å². The number of halogens is 3. The number of piperidine rings is 1. The number of hydrogen-bond acceptors (Lipinski definition) is 7. The zero-order valence-corrected chi connectivity index (χ0v) is 21.9. The van der Waals surface area contributed by atoms with E-state index in [1.807, 2.05) is 11.0 Å². The summed E-state index contributed by atoms with van der Waals surface area (Å²) in [4.78, 5) is 14.5. The molecule has 0 radical (unpaired) electrons. The van der Waals surface area contributed by atoms with Crippen LogP contribution < -0.4 is 15.4 Å². The van der Waals surface area contributed by atoms with Gasteiger partial charge in [-0.05, 0) is 56.1 Å². The van der Waals surface area contributed by atoms with Crippen molar-refractivity contribution in [1.82, 2.24) is 9.78 Å². The molecule has 2 heterocycles. The Kier molecular flexibility index (Phi) is 6.79. The van der Waals surface area contributed by atoms with E-state index >= 15 is 0 Å². The van der Waals surface area contributed by atoms with Crippen molar-refractivity contribution in [2.45, 2.75) is 50.7 Å². The highest BCUT2D eigenvalue weighted by Gasteiger charge is 2.49. The van der Waals surface area contributed by atoms with Crippen molar-refractivity contribution in [2.24, 2.45) is 17.1 Å². The lowest BCUT2D eigenvalue weighted by Gasteiger charge is -2.37. The lowest BCUT2D eigenvalue weighted by molar-refractivity contribution is -0.203. The number of nitrogens with zero attached hydrogens (tertiary/aromatic N) is 4. The quantitative estimate of drug-likeness (QED) is 0.443. The molecule has 1 aromatic carbocycles. The second kappa shape index (κ2) is 9.71. The number of sulfonamides is 1. The largest absolute Gasteiger partial charge is 0.395 e. The van der Waals surface area contributed by atoms with Gasteiger partial charge in [0.15, 0.2) is 0 Å². The SMILES string of the molecule is N#Cc1cc(-c2c(NS(=O)(=O)CCO)ccc(C(N)=O)c2N2CCC3(CC2)CC3)nn1C1CC(C(F)(F)F)C1. The van der Waals surface area contributed by atoms with Gasteiger partial charge in [-0.15, -0.1) is 0 Å². The van der Waals surface area contributed by atoms with Gasteiger partial charge >= 0.3 is 6.18 Å². The van der Waals surface area contributed by atoms with E-state index in [2.05, 4.69) is 9.82 Å². The molecule has 0 unspecified atom stereocenters. The van der Waals surface area contributed by atoms with Crippen LogP contribution in [-0.2, 0) is 10.0 Å². The summed E-state index contributed by atoms with van der Waals surface area (Å²) >= 11 is 0. The molecule has 2 aliphatic carbocycles. The fourth-order valence-corrected chi connectivity index (χ4v) is 6.46. The molecule has 4 N–H and O–H groups in total. The average Bonchev–Trinajstić information content (AvgIpc) is 3.44. The molecule has 2 saturated carbocycles. The molecule has 210 valence electrons. The van der Waals surface area contributed by atoms with Crippen LogP contribution in [0.25, 0.3) is 11.3 Å². The Bertz CT molecular complexity index is 1430. The number of carbonyl (C=O) groups excluding carboxylic acids is 1. The average molecular weight is 567 g/mol. The van der Waals surface area contributed by atoms with Gasteiger partial charge in [-0.2, -0.15) is 23.5 Å². The number of aliphatic hydroxyl groups excluding tert-OH is 1. The van der Waals surface area contributed by atoms with Gasteiger partial charge in [-0.1, -0.05) is 0 Å². The molecule has 1 aromatic heterocycles. The highest BCUT2D eigenvalue weighted by molar-refractivity contribution is 7.92. The van der Waals surface area contributed by atoms with E-state index in [0.29, 0.717) is 24.2 Å². The van der Waals surface area contributed by atoms with Crippen LogP contribution in [0.15, 0.2) is 18.2 Å². The van der Waals surface area contributed by atoms with Gasteiger partial charge in [0.05, 0.1) is 52.5 Å². The fourth-order valence-electron chi connectivity index (χ4n) is 5.62. The summed E-state index contributed by atoms with van der Waals surface area (Å²) in [6.45, 7) is 0.546. The molecule has 3 aliphatic rings. The van der Waals surface area contributed by atoms with Crippen LogP contribution in [0.1, 0.15) is 60.6 Å². The Hall–Kier alpha value is -3.31. The third-order valence-electron chi connectivity index (χ3n) is 8.19. The predicted molar refractivity (Wildman–Crippen MR) is 136 cm³/mol. The number of benzene rings is 1. The number of nitrogens with two attached hydrogens (primary N) is 1. The van der Waals surface area contributed by atoms with Gasteiger partial charge in [0, 0.05) is 19.2 Å². The minimum atomic E-state index is -4.34. The molecule has 1 amide bonds. The Morgan fingerprint density at radius 2 is 1.90 bits per heavy atom. The molecule has 0 atom stereocenters. The number of nitrogens with one attached hydrogen (secondary N) is 1. The Morgan fingerprint density at radius 1 is 1.23 bits per heavy atom. The normalized spacial score (nSPS) is 22.3. The first-order valence-corrected chi connectivity index (χ1v) is 14.4. The minimum Gasteiger partial charge on any atom is -0.395 e. The second-order valence-corrected chi connectivity index (χ2v) is 12.6. The van der Waals surface area contributed by atoms with Gasteiger partial charge in [-0.3, -0.25) is 14.2 Å². The first-order valence-electron chi connectivity index (χ1n) is 12.8. The number of primary amides is 1. The van der Waals surface area contributed by atoms with E-state index in [1.54, 1.807) is 0 Å². The van der Waals surface area contributed by atoms with Gasteiger partial charge in [0.1, 0.15) is 11.8 Å². The van der Waals surface area contributed by atoms with Crippen LogP contribution in [0, 0.1) is 22.7 Å². The maximum atomic E-state index is 13.1. The molecule has 3 fully saturated rings. The molecule has 1 aliphatic heterocycles. The van der Waals surface area contributed by atoms with Crippen molar-refractivity contribution in [1.29, 1.82) is 5.26 Å². The molecule has 1 spiro atoms. The summed E-state index contributed by atoms with van der Waals surface area (Å²) in [5.41, 5.74) is 6.94. The van der Waals surface area contributed by atoms with Crippen LogP contribution in [-0.4, -0.2) is 60.8 Å². The van der Waals surface area contributed by atoms with Crippen molar-refractivity contribution in [2.75, 3.05) is 35.1 Å². The number of aliphatic hydroxyl groups is 1. The van der Waals surface area contributed by atoms with Crippen LogP contribution in [0.2, 0.25) is 0 Å². The summed E-state index contributed by atoms with van der Waals surface area (Å²) in [5, 5.41) is 23.5. The van der Waals surface area contributed by atoms with Gasteiger partial charge < -0.3 is 15.7 Å². The number of carbonyl (C=O) groups is 1. The summed E-state index contributed by atoms with van der Waals surface area (Å²) in [6, 6.07) is 5.50. The number of anilines is 2. The molecule has 39 heavy (non-hydrogen) atoms. The van der Waals surface area contributed by atoms with Crippen molar-refractivity contribution in [3.05, 3.63) is 29.5 Å². The van der Waals surface area contributed by atoms with E-state index in [9.17, 15) is 36.8 Å². The molecular formula is C25H29F3N6O4S. The molecule has 14 heteroatoms. The monoisotopic (exact) mass is 566 g/mol. The molecule has 0 bridgehead atoms. The van der Waals surface area contributed by atoms with E-state index < -0.39 is 46.4 Å². The summed E-state index contributed by atoms with van der Waals surface area (Å²) < 4.78 is 68.4. The second-order valence-electron chi connectivity index (χ2n) is 10.7. The predicted octanol–water partition coefficient (Wildman–Crippen LogP) is 3.15. The first-order chi connectivity index (χ1) is 18.4. The first kappa shape index (κ1) is 27.3. The van der Waals surface area contributed by atoms with Crippen molar-refractivity contribution in [3.8, 4) is 17.3 Å². The van der Waals surface area contributed by atoms with E-state index in [4.69, 9.17) is 5.73 Å². The summed E-state index contributed by atoms with van der Waals surface area (Å²) in [6.07, 6.45) is -0.766. The van der Waals surface area contributed by atoms with E-state index in [-0.39, 0.29) is 41.0 Å². The van der Waals surface area contributed by atoms with Crippen LogP contribution in [0.3, 0.4) is 0 Å². The van der Waals surface area contributed by atoms with Gasteiger partial charge in [0.2, 0.25) is 10.0 Å². The highest BCUT2D eigenvalue weighted by atomic mass is 32.2. The third kappa shape index (κ3) is 5.29. The summed E-state index contributed by atoms with van der Waals surface area (Å²) in [5.74, 6) is -2.81. The number of rotatable bonds is 8. The van der Waals surface area contributed by atoms with Gasteiger partial charge in [0.25, 0.3) is 5.91 Å². The van der Waals surface area contributed by atoms with Crippen LogP contribution >= 0.6 is 0 Å². The zero-order valence-electron chi connectivity index (χ0n) is 21.0. The standard InChI is InChI=1S/C25H29F3N6O4S/c26-25(27,28)15-11-16(12-15)34-17(14-29)13-20(31-34)21-19(32-39(37,38)10-9-35)2-1-18(23(30)36)22(21)33-7-5-24(3-4-24)6-8-33/h1-2,13,15-16,32,35H,3-12H2,(H2,30,36). The summed E-state index contributed by atoms with van der Waals surface area (Å²) in [7, 11) is -4.01. The lowest BCUT2D eigenvalue weighted by atomic mass is 9.80. The number of nitriles is 1. The number of aromatic nitrogens is 2. The van der Waals surface area contributed by atoms with Crippen LogP contribution in [0.5, 0.6) is 0 Å². The lowest BCUT2D eigenvalue weighted by Crippen LogP contribution is -2.37. The maximum Gasteiger partial charge on any atom is 0.391 e. The number of amides is 1. The Labute approximate surface area is 223 Å². The molecule has 2 aromatic rings. The maximum absolute atomic E-state index is 13.1. The Balaban J connectivity index is 1.63. The smallest absolute Gasteiger partial charge is 0.391 e. The topological polar surface area (TPSA) is 154 Å². The van der Waals surface area contributed by atoms with E-state index in [1.165, 1.54) is 22.9 Å². The number of hydrogen-bond donors (Lipinski definition) is 3. The van der Waals surface area contributed by atoms with Crippen molar-refractivity contribution in [3.63, 3.8) is 0 Å². The van der Waals surface area contributed by atoms with E-state index in [0.717, 1.165) is 25.7 Å². The fraction of sp³-hybridized carbons (Fsp3) is 0.560. The molecular weight excluding hydrogens is 537 g/mol. The third-order valence-corrected chi connectivity index (χ3v) is 9.45. The van der Waals surface area contributed by atoms with Crippen molar-refractivity contribution < 1.29 is 31.5 Å². The minimum absolute atomic E-state index is 0.0193. The van der Waals surface area contributed by atoms with Crippen LogP contribution in [0.4, 0.5) is 24.5 Å². The Morgan fingerprint density at radius 3 is 2.44 bits per heavy atom. The number of alkyl halides is 3. The highest BCUT2D eigenvalue weighted by Crippen LogP contribution is 2.55. The molecule has 5 rings (SSSR count).